The van der Waals surface area contributed by atoms with Crippen molar-refractivity contribution in [1.82, 2.24) is 4.40 Å². The predicted octanol–water partition coefficient (Wildman–Crippen LogP) is 19.9. The Morgan fingerprint density at radius 3 is 1.37 bits per heavy atom. The van der Waals surface area contributed by atoms with Crippen LogP contribution in [0.5, 0.6) is 0 Å². The van der Waals surface area contributed by atoms with Crippen LogP contribution < -0.4 is 9.80 Å². The van der Waals surface area contributed by atoms with Gasteiger partial charge in [0.05, 0.1) is 22.1 Å². The summed E-state index contributed by atoms with van der Waals surface area (Å²) >= 11 is 0. The Morgan fingerprint density at radius 2 is 0.836 bits per heavy atom. The SMILES string of the molecule is Cc1ccc2oc3c(c2c1)c1c(N(c2ccc(-c4ccccc4)cc2)c2ccc(C(C)(C)C)cc2)c2ccccc2c2c4ccc(N(c5ccc(-c6ccccc6)cc5)c5ccc(C(C)(C)C)cc5)cc4n3c12. The number of rotatable bonds is 8. The molecule has 0 atom stereocenters. The van der Waals surface area contributed by atoms with Gasteiger partial charge >= 0.3 is 0 Å². The third kappa shape index (κ3) is 7.34. The first-order chi connectivity index (χ1) is 35.4. The summed E-state index contributed by atoms with van der Waals surface area (Å²) in [5.41, 5.74) is 19.1. The van der Waals surface area contributed by atoms with Crippen molar-refractivity contribution in [2.75, 3.05) is 9.80 Å². The van der Waals surface area contributed by atoms with E-state index in [1.807, 2.05) is 0 Å². The van der Waals surface area contributed by atoms with Crippen molar-refractivity contribution in [1.29, 1.82) is 0 Å². The molecule has 0 saturated carbocycles. The molecule has 13 rings (SSSR count). The number of hydrogen-bond donors (Lipinski definition) is 0. The molecule has 4 heteroatoms. The van der Waals surface area contributed by atoms with Crippen LogP contribution in [0.15, 0.2) is 223 Å². The van der Waals surface area contributed by atoms with Gasteiger partial charge in [-0.05, 0) is 129 Å². The minimum Gasteiger partial charge on any atom is -0.439 e. The van der Waals surface area contributed by atoms with Crippen LogP contribution in [-0.2, 0) is 10.8 Å². The zero-order valence-corrected chi connectivity index (χ0v) is 42.5. The largest absolute Gasteiger partial charge is 0.439 e. The maximum absolute atomic E-state index is 7.20. The lowest BCUT2D eigenvalue weighted by molar-refractivity contribution is 0.590. The summed E-state index contributed by atoms with van der Waals surface area (Å²) < 4.78 is 9.63. The fourth-order valence-corrected chi connectivity index (χ4v) is 11.3. The monoisotopic (exact) mass is 943 g/mol. The second-order valence-corrected chi connectivity index (χ2v) is 21.9. The van der Waals surface area contributed by atoms with Crippen LogP contribution in [0, 0.1) is 6.92 Å². The van der Waals surface area contributed by atoms with Crippen molar-refractivity contribution in [3.8, 4) is 22.3 Å². The smallest absolute Gasteiger partial charge is 0.213 e. The van der Waals surface area contributed by atoms with Crippen LogP contribution in [0.1, 0.15) is 58.2 Å². The Bertz CT molecular complexity index is 4170. The van der Waals surface area contributed by atoms with Gasteiger partial charge in [0, 0.05) is 55.4 Å². The van der Waals surface area contributed by atoms with E-state index < -0.39 is 0 Å². The van der Waals surface area contributed by atoms with E-state index >= 15 is 0 Å². The number of hydrogen-bond acceptors (Lipinski definition) is 3. The molecule has 73 heavy (non-hydrogen) atoms. The number of furan rings is 1. The van der Waals surface area contributed by atoms with Crippen LogP contribution in [-0.4, -0.2) is 4.40 Å². The van der Waals surface area contributed by atoms with Crippen LogP contribution in [0.2, 0.25) is 0 Å². The zero-order valence-electron chi connectivity index (χ0n) is 42.5. The Labute approximate surface area is 427 Å². The summed E-state index contributed by atoms with van der Waals surface area (Å²) in [6.07, 6.45) is 0. The summed E-state index contributed by atoms with van der Waals surface area (Å²) in [5.74, 6) is 0. The highest BCUT2D eigenvalue weighted by atomic mass is 16.3. The average Bonchev–Trinajstić information content (AvgIpc) is 4.06. The minimum absolute atomic E-state index is 0.000289. The standard InChI is InChI=1S/C69H57N3O/c1-44-22-41-61-59(42-44)63-64-65(71(54-37-29-50(30-38-54)69(5,6)7)53-33-25-48(26-34-53)46-18-12-9-13-19-46)57-21-15-14-20-56(57)62-58-40-39-55(43-60(58)72(66(62)64)67(63)73-61)70(52-35-27-49(28-36-52)68(2,3)4)51-31-23-47(24-32-51)45-16-10-8-11-17-45/h8-43H,1-7H3. The van der Waals surface area contributed by atoms with Gasteiger partial charge < -0.3 is 14.2 Å². The molecule has 0 aliphatic heterocycles. The van der Waals surface area contributed by atoms with Gasteiger partial charge in [0.25, 0.3) is 0 Å². The maximum Gasteiger partial charge on any atom is 0.213 e. The number of aryl methyl sites for hydroxylation is 1. The molecule has 13 aromatic rings. The molecule has 0 radical (unpaired) electrons. The van der Waals surface area contributed by atoms with E-state index in [-0.39, 0.29) is 10.8 Å². The lowest BCUT2D eigenvalue weighted by Crippen LogP contribution is -2.13. The van der Waals surface area contributed by atoms with Crippen molar-refractivity contribution in [2.45, 2.75) is 59.3 Å². The third-order valence-corrected chi connectivity index (χ3v) is 15.1. The zero-order chi connectivity index (χ0) is 49.8. The molecular formula is C69H57N3O. The molecular weight excluding hydrogens is 887 g/mol. The molecule has 0 aliphatic carbocycles. The van der Waals surface area contributed by atoms with Crippen LogP contribution in [0.4, 0.5) is 34.1 Å². The van der Waals surface area contributed by atoms with E-state index in [0.717, 1.165) is 67.2 Å². The van der Waals surface area contributed by atoms with Gasteiger partial charge in [0.1, 0.15) is 5.58 Å². The fraction of sp³-hybridized carbons (Fsp3) is 0.130. The molecule has 0 saturated heterocycles. The molecule has 3 aromatic heterocycles. The Kier molecular flexibility index (Phi) is 10.2. The van der Waals surface area contributed by atoms with Gasteiger partial charge in [-0.15, -0.1) is 0 Å². The molecule has 354 valence electrons. The topological polar surface area (TPSA) is 24.0 Å². The van der Waals surface area contributed by atoms with E-state index in [0.29, 0.717) is 0 Å². The normalized spacial score (nSPS) is 12.3. The van der Waals surface area contributed by atoms with Crippen LogP contribution >= 0.6 is 0 Å². The highest BCUT2D eigenvalue weighted by molar-refractivity contribution is 6.39. The summed E-state index contributed by atoms with van der Waals surface area (Å²) in [7, 11) is 0. The van der Waals surface area contributed by atoms with Gasteiger partial charge in [0.2, 0.25) is 5.71 Å². The lowest BCUT2D eigenvalue weighted by atomic mass is 9.87. The van der Waals surface area contributed by atoms with Gasteiger partial charge in [-0.1, -0.05) is 193 Å². The highest BCUT2D eigenvalue weighted by Crippen LogP contribution is 2.54. The third-order valence-electron chi connectivity index (χ3n) is 15.1. The predicted molar refractivity (Wildman–Crippen MR) is 311 cm³/mol. The molecule has 0 aliphatic rings. The number of fused-ring (bicyclic) bond motifs is 10. The first-order valence-electron chi connectivity index (χ1n) is 25.6. The summed E-state index contributed by atoms with van der Waals surface area (Å²) in [4.78, 5) is 4.90. The van der Waals surface area contributed by atoms with Crippen molar-refractivity contribution >= 4 is 94.2 Å². The van der Waals surface area contributed by atoms with Crippen molar-refractivity contribution in [3.05, 3.63) is 235 Å². The van der Waals surface area contributed by atoms with Crippen molar-refractivity contribution in [3.63, 3.8) is 0 Å². The second-order valence-electron chi connectivity index (χ2n) is 21.9. The lowest BCUT2D eigenvalue weighted by Gasteiger charge is -2.29. The van der Waals surface area contributed by atoms with E-state index in [9.17, 15) is 0 Å². The molecule has 3 heterocycles. The van der Waals surface area contributed by atoms with Crippen LogP contribution in [0.3, 0.4) is 0 Å². The van der Waals surface area contributed by atoms with Crippen molar-refractivity contribution in [2.24, 2.45) is 0 Å². The minimum atomic E-state index is -0.000289. The summed E-state index contributed by atoms with van der Waals surface area (Å²) in [6, 6.07) is 80.4. The van der Waals surface area contributed by atoms with E-state index in [4.69, 9.17) is 4.42 Å². The maximum atomic E-state index is 7.20. The van der Waals surface area contributed by atoms with E-state index in [1.54, 1.807) is 0 Å². The Balaban J connectivity index is 1.11. The Hall–Kier alpha value is -8.60. The average molecular weight is 944 g/mol. The van der Waals surface area contributed by atoms with Crippen LogP contribution in [0.25, 0.3) is 82.3 Å². The molecule has 0 spiro atoms. The quantitative estimate of drug-likeness (QED) is 0.152. The number of aromatic nitrogens is 1. The summed E-state index contributed by atoms with van der Waals surface area (Å²) in [6.45, 7) is 15.9. The van der Waals surface area contributed by atoms with Gasteiger partial charge in [-0.2, -0.15) is 0 Å². The molecule has 0 N–H and O–H groups in total. The van der Waals surface area contributed by atoms with Gasteiger partial charge in [-0.25, -0.2) is 0 Å². The van der Waals surface area contributed by atoms with E-state index in [2.05, 4.69) is 281 Å². The molecule has 4 nitrogen and oxygen atoms in total. The van der Waals surface area contributed by atoms with Gasteiger partial charge in [0.15, 0.2) is 0 Å². The van der Waals surface area contributed by atoms with E-state index in [1.165, 1.54) is 65.9 Å². The number of benzene rings is 10. The van der Waals surface area contributed by atoms with Gasteiger partial charge in [-0.3, -0.25) is 4.40 Å². The second kappa shape index (κ2) is 16.8. The molecule has 0 bridgehead atoms. The molecule has 10 aromatic carbocycles. The first-order valence-corrected chi connectivity index (χ1v) is 25.6. The highest BCUT2D eigenvalue weighted by Gasteiger charge is 2.31. The molecule has 0 amide bonds. The number of nitrogens with zero attached hydrogens (tertiary/aromatic N) is 3. The van der Waals surface area contributed by atoms with Crippen molar-refractivity contribution < 1.29 is 4.42 Å². The number of anilines is 6. The molecule has 0 unspecified atom stereocenters. The fourth-order valence-electron chi connectivity index (χ4n) is 11.3. The molecule has 0 fully saturated rings. The first kappa shape index (κ1) is 44.3. The summed E-state index contributed by atoms with van der Waals surface area (Å²) in [5, 5.41) is 8.18. The Morgan fingerprint density at radius 1 is 0.370 bits per heavy atom.